The van der Waals surface area contributed by atoms with E-state index in [0.717, 1.165) is 9.99 Å². The summed E-state index contributed by atoms with van der Waals surface area (Å²) in [4.78, 5) is 4.19. The molecule has 0 bridgehead atoms. The van der Waals surface area contributed by atoms with Gasteiger partial charge in [0.05, 0.1) is 25.1 Å². The molecule has 0 spiro atoms. The topological polar surface area (TPSA) is 97.0 Å². The fourth-order valence-electron chi connectivity index (χ4n) is 2.83. The van der Waals surface area contributed by atoms with Crippen molar-refractivity contribution in [3.8, 4) is 5.75 Å². The highest BCUT2D eigenvalue weighted by Gasteiger charge is 2.30. The van der Waals surface area contributed by atoms with E-state index in [9.17, 15) is 12.8 Å². The van der Waals surface area contributed by atoms with Crippen molar-refractivity contribution in [3.63, 3.8) is 0 Å². The van der Waals surface area contributed by atoms with Gasteiger partial charge in [0.1, 0.15) is 11.6 Å². The Kier molecular flexibility index (Phi) is 7.47. The predicted molar refractivity (Wildman–Crippen MR) is 120 cm³/mol. The number of ether oxygens (including phenoxy) is 1. The fourth-order valence-corrected chi connectivity index (χ4v) is 4.40. The van der Waals surface area contributed by atoms with Gasteiger partial charge in [-0.1, -0.05) is 12.1 Å². The number of benzene rings is 2. The van der Waals surface area contributed by atoms with E-state index in [1.165, 1.54) is 12.1 Å². The first-order chi connectivity index (χ1) is 12.9. The smallest absolute Gasteiger partial charge is 0.235 e. The molecule has 1 aliphatic rings. The minimum atomic E-state index is -3.42. The molecule has 28 heavy (non-hydrogen) atoms. The molecule has 152 valence electrons. The van der Waals surface area contributed by atoms with Crippen molar-refractivity contribution >= 4 is 51.3 Å². The van der Waals surface area contributed by atoms with E-state index in [1.54, 1.807) is 19.2 Å². The van der Waals surface area contributed by atoms with E-state index in [-0.39, 0.29) is 47.9 Å². The van der Waals surface area contributed by atoms with Crippen LogP contribution < -0.4 is 20.1 Å². The normalized spacial score (nSPS) is 15.8. The zero-order valence-electron chi connectivity index (χ0n) is 15.3. The van der Waals surface area contributed by atoms with Crippen LogP contribution in [0.1, 0.15) is 12.0 Å². The Bertz CT molecular complexity index is 969. The largest absolute Gasteiger partial charge is 0.497 e. The Labute approximate surface area is 180 Å². The van der Waals surface area contributed by atoms with Crippen LogP contribution in [-0.4, -0.2) is 33.8 Å². The monoisotopic (exact) mass is 520 g/mol. The third-order valence-electron chi connectivity index (χ3n) is 4.15. The molecule has 2 aromatic rings. The van der Waals surface area contributed by atoms with Crippen LogP contribution in [0.4, 0.5) is 15.8 Å². The lowest BCUT2D eigenvalue weighted by molar-refractivity contribution is 0.415. The highest BCUT2D eigenvalue weighted by Crippen LogP contribution is 2.27. The Balaban J connectivity index is 0.00000280. The number of sulfonamides is 1. The maximum absolute atomic E-state index is 14.4. The molecule has 3 rings (SSSR count). The summed E-state index contributed by atoms with van der Waals surface area (Å²) >= 11 is 0. The number of nitrogens with zero attached hydrogens (tertiary/aromatic N) is 2. The second kappa shape index (κ2) is 9.41. The third-order valence-corrected chi connectivity index (χ3v) is 6.01. The molecule has 0 amide bonds. The Morgan fingerprint density at radius 2 is 2.11 bits per heavy atom. The van der Waals surface area contributed by atoms with Gasteiger partial charge >= 0.3 is 0 Å². The van der Waals surface area contributed by atoms with E-state index < -0.39 is 15.8 Å². The molecule has 0 radical (unpaired) electrons. The molecule has 0 saturated carbocycles. The van der Waals surface area contributed by atoms with Crippen molar-refractivity contribution in [2.24, 2.45) is 10.7 Å². The van der Waals surface area contributed by atoms with Crippen LogP contribution in [0.2, 0.25) is 0 Å². The summed E-state index contributed by atoms with van der Waals surface area (Å²) in [5, 5.41) is 2.93. The van der Waals surface area contributed by atoms with Gasteiger partial charge < -0.3 is 15.8 Å². The number of methoxy groups -OCH3 is 1. The molecule has 0 aromatic heterocycles. The van der Waals surface area contributed by atoms with Crippen LogP contribution in [-0.2, 0) is 16.6 Å². The van der Waals surface area contributed by atoms with Crippen molar-refractivity contribution in [3.05, 3.63) is 53.8 Å². The van der Waals surface area contributed by atoms with Gasteiger partial charge in [0, 0.05) is 18.3 Å². The number of halogens is 2. The maximum atomic E-state index is 14.4. The Morgan fingerprint density at radius 1 is 1.32 bits per heavy atom. The SMILES string of the molecule is COc1cccc(NC(N)=NCc2ccc(N3CCCS3(=O)=O)c(F)c2)c1.I. The zero-order chi connectivity index (χ0) is 19.4. The van der Waals surface area contributed by atoms with Gasteiger partial charge in [0.25, 0.3) is 0 Å². The number of hydrogen-bond donors (Lipinski definition) is 2. The molecule has 7 nitrogen and oxygen atoms in total. The van der Waals surface area contributed by atoms with Crippen molar-refractivity contribution in [2.45, 2.75) is 13.0 Å². The van der Waals surface area contributed by atoms with Crippen molar-refractivity contribution in [1.29, 1.82) is 0 Å². The highest BCUT2D eigenvalue weighted by atomic mass is 127. The van der Waals surface area contributed by atoms with E-state index in [4.69, 9.17) is 10.5 Å². The van der Waals surface area contributed by atoms with E-state index in [2.05, 4.69) is 10.3 Å². The molecular weight excluding hydrogens is 498 g/mol. The number of nitrogens with one attached hydrogen (secondary N) is 1. The number of nitrogens with two attached hydrogens (primary N) is 1. The number of guanidine groups is 1. The summed E-state index contributed by atoms with van der Waals surface area (Å²) < 4.78 is 44.5. The van der Waals surface area contributed by atoms with Gasteiger partial charge in [-0.3, -0.25) is 4.31 Å². The lowest BCUT2D eigenvalue weighted by Crippen LogP contribution is -2.26. The van der Waals surface area contributed by atoms with E-state index in [0.29, 0.717) is 24.3 Å². The lowest BCUT2D eigenvalue weighted by atomic mass is 10.2. The van der Waals surface area contributed by atoms with Crippen LogP contribution in [0.5, 0.6) is 5.75 Å². The first-order valence-electron chi connectivity index (χ1n) is 8.39. The third kappa shape index (κ3) is 5.25. The first kappa shape index (κ1) is 22.2. The van der Waals surface area contributed by atoms with Gasteiger partial charge in [0.2, 0.25) is 10.0 Å². The Hall–Kier alpha value is -2.08. The summed E-state index contributed by atoms with van der Waals surface area (Å²) in [5.41, 5.74) is 7.24. The van der Waals surface area contributed by atoms with E-state index >= 15 is 0 Å². The van der Waals surface area contributed by atoms with Crippen molar-refractivity contribution in [1.82, 2.24) is 0 Å². The summed E-state index contributed by atoms with van der Waals surface area (Å²) in [6, 6.07) is 11.6. The number of hydrogen-bond acceptors (Lipinski definition) is 4. The zero-order valence-corrected chi connectivity index (χ0v) is 18.4. The summed E-state index contributed by atoms with van der Waals surface area (Å²) in [6.07, 6.45) is 0.500. The molecule has 0 unspecified atom stereocenters. The Morgan fingerprint density at radius 3 is 2.75 bits per heavy atom. The summed E-state index contributed by atoms with van der Waals surface area (Å²) in [7, 11) is -1.84. The quantitative estimate of drug-likeness (QED) is 0.359. The van der Waals surface area contributed by atoms with Crippen LogP contribution in [0, 0.1) is 5.82 Å². The standard InChI is InChI=1S/C18H21FN4O3S.HI/c1-26-15-5-2-4-14(11-15)22-18(20)21-12-13-6-7-17(16(19)10-13)23-8-3-9-27(23,24)25;/h2,4-7,10-11H,3,8-9,12H2,1H3,(H3,20,21,22);1H. The molecule has 0 aliphatic carbocycles. The van der Waals surface area contributed by atoms with Gasteiger partial charge in [-0.05, 0) is 36.2 Å². The van der Waals surface area contributed by atoms with Gasteiger partial charge in [-0.15, -0.1) is 24.0 Å². The summed E-state index contributed by atoms with van der Waals surface area (Å²) in [5.74, 6) is 0.315. The first-order valence-corrected chi connectivity index (χ1v) is 10.00. The number of aliphatic imine (C=N–C) groups is 1. The van der Waals surface area contributed by atoms with Crippen molar-refractivity contribution in [2.75, 3.05) is 29.0 Å². The van der Waals surface area contributed by atoms with E-state index in [1.807, 2.05) is 18.2 Å². The average molecular weight is 520 g/mol. The minimum absolute atomic E-state index is 0. The van der Waals surface area contributed by atoms with Crippen LogP contribution in [0.25, 0.3) is 0 Å². The molecule has 3 N–H and O–H groups in total. The minimum Gasteiger partial charge on any atom is -0.497 e. The van der Waals surface area contributed by atoms with Gasteiger partial charge in [-0.2, -0.15) is 0 Å². The molecule has 10 heteroatoms. The second-order valence-electron chi connectivity index (χ2n) is 6.09. The van der Waals surface area contributed by atoms with Gasteiger partial charge in [0.15, 0.2) is 5.96 Å². The van der Waals surface area contributed by atoms with Gasteiger partial charge in [-0.25, -0.2) is 17.8 Å². The lowest BCUT2D eigenvalue weighted by Gasteiger charge is -2.17. The second-order valence-corrected chi connectivity index (χ2v) is 8.10. The van der Waals surface area contributed by atoms with Crippen LogP contribution >= 0.6 is 24.0 Å². The highest BCUT2D eigenvalue weighted by molar-refractivity contribution is 14.0. The summed E-state index contributed by atoms with van der Waals surface area (Å²) in [6.45, 7) is 0.459. The number of rotatable bonds is 5. The molecule has 1 aliphatic heterocycles. The van der Waals surface area contributed by atoms with Crippen molar-refractivity contribution < 1.29 is 17.5 Å². The van der Waals surface area contributed by atoms with Crippen LogP contribution in [0.3, 0.4) is 0 Å². The number of anilines is 2. The molecule has 0 atom stereocenters. The molecule has 1 saturated heterocycles. The molecule has 2 aromatic carbocycles. The average Bonchev–Trinajstić information content (AvgIpc) is 2.99. The molecule has 1 heterocycles. The predicted octanol–water partition coefficient (Wildman–Crippen LogP) is 2.92. The molecule has 1 fully saturated rings. The fraction of sp³-hybridized carbons (Fsp3) is 0.278. The molecular formula is C18H22FIN4O3S. The maximum Gasteiger partial charge on any atom is 0.235 e. The van der Waals surface area contributed by atoms with Crippen LogP contribution in [0.15, 0.2) is 47.5 Å².